The van der Waals surface area contributed by atoms with Gasteiger partial charge in [0.25, 0.3) is 0 Å². The number of anilines is 1. The summed E-state index contributed by atoms with van der Waals surface area (Å²) in [5.41, 5.74) is 3.37. The Hall–Kier alpha value is -2.89. The summed E-state index contributed by atoms with van der Waals surface area (Å²) in [7, 11) is 1.84. The Bertz CT molecular complexity index is 911. The van der Waals surface area contributed by atoms with Crippen LogP contribution in [0.25, 0.3) is 17.1 Å². The second-order valence-electron chi connectivity index (χ2n) is 6.84. The molecule has 0 unspecified atom stereocenters. The molecule has 0 aliphatic heterocycles. The lowest BCUT2D eigenvalue weighted by atomic mass is 9.96. The quantitative estimate of drug-likeness (QED) is 0.727. The Balaban J connectivity index is 1.75. The van der Waals surface area contributed by atoms with Crippen LogP contribution in [0.15, 0.2) is 36.7 Å². The lowest BCUT2D eigenvalue weighted by molar-refractivity contribution is -0.111. The first kappa shape index (κ1) is 16.0. The molecule has 1 amide bonds. The molecule has 2 heterocycles. The average Bonchev–Trinajstić information content (AvgIpc) is 3.10. The average molecular weight is 323 g/mol. The molecule has 0 aliphatic rings. The van der Waals surface area contributed by atoms with Crippen LogP contribution >= 0.6 is 0 Å². The fourth-order valence-electron chi connectivity index (χ4n) is 2.32. The van der Waals surface area contributed by atoms with E-state index in [0.29, 0.717) is 0 Å². The third-order valence-electron chi connectivity index (χ3n) is 3.61. The maximum atomic E-state index is 12.0. The normalized spacial score (nSPS) is 12.2. The summed E-state index contributed by atoms with van der Waals surface area (Å²) in [5.74, 6) is 0.742. The lowest BCUT2D eigenvalue weighted by Gasteiger charge is -2.13. The van der Waals surface area contributed by atoms with Gasteiger partial charge in [-0.2, -0.15) is 5.10 Å². The molecular weight excluding hydrogens is 302 g/mol. The van der Waals surface area contributed by atoms with Crippen LogP contribution in [0.4, 0.5) is 5.69 Å². The number of aromatic nitrogens is 4. The van der Waals surface area contributed by atoms with Crippen LogP contribution < -0.4 is 5.32 Å². The number of benzene rings is 1. The van der Waals surface area contributed by atoms with Gasteiger partial charge in [-0.1, -0.05) is 20.8 Å². The Morgan fingerprint density at radius 1 is 1.33 bits per heavy atom. The van der Waals surface area contributed by atoms with Crippen LogP contribution in [0.5, 0.6) is 0 Å². The zero-order chi connectivity index (χ0) is 17.3. The van der Waals surface area contributed by atoms with E-state index in [1.165, 1.54) is 6.08 Å². The van der Waals surface area contributed by atoms with Crippen molar-refractivity contribution in [1.82, 2.24) is 19.7 Å². The van der Waals surface area contributed by atoms with Gasteiger partial charge in [0, 0.05) is 36.0 Å². The smallest absolute Gasteiger partial charge is 0.248 e. The highest BCUT2D eigenvalue weighted by molar-refractivity contribution is 6.02. The van der Waals surface area contributed by atoms with E-state index >= 15 is 0 Å². The van der Waals surface area contributed by atoms with Gasteiger partial charge in [0.2, 0.25) is 5.91 Å². The molecule has 0 saturated heterocycles. The molecule has 0 bridgehead atoms. The van der Waals surface area contributed by atoms with Crippen molar-refractivity contribution in [1.29, 1.82) is 0 Å². The van der Waals surface area contributed by atoms with E-state index in [9.17, 15) is 4.79 Å². The molecule has 3 rings (SSSR count). The van der Waals surface area contributed by atoms with Crippen LogP contribution in [0.2, 0.25) is 0 Å². The number of carbonyl (C=O) groups excluding carboxylic acids is 1. The molecule has 0 saturated carbocycles. The molecule has 2 aromatic heterocycles. The number of hydrogen-bond donors (Lipinski definition) is 2. The summed E-state index contributed by atoms with van der Waals surface area (Å²) in [4.78, 5) is 20.0. The standard InChI is InChI=1S/C18H21N5O/c1-18(2,3)17-21-14-7-6-13(9-15(14)22-17)20-16(24)8-5-12-10-19-23(4)11-12/h5-11H,1-4H3,(H,20,24)(H,21,22)/b8-5+. The lowest BCUT2D eigenvalue weighted by Crippen LogP contribution is -2.12. The number of fused-ring (bicyclic) bond motifs is 1. The van der Waals surface area contributed by atoms with E-state index < -0.39 is 0 Å². The van der Waals surface area contributed by atoms with Gasteiger partial charge in [-0.3, -0.25) is 9.48 Å². The van der Waals surface area contributed by atoms with Gasteiger partial charge >= 0.3 is 0 Å². The summed E-state index contributed by atoms with van der Waals surface area (Å²) in [6, 6.07) is 5.65. The Labute approximate surface area is 140 Å². The van der Waals surface area contributed by atoms with E-state index in [1.807, 2.05) is 31.4 Å². The number of hydrogen-bond acceptors (Lipinski definition) is 3. The first-order valence-corrected chi connectivity index (χ1v) is 7.79. The number of carbonyl (C=O) groups is 1. The topological polar surface area (TPSA) is 75.6 Å². The van der Waals surface area contributed by atoms with Crippen molar-refractivity contribution in [2.45, 2.75) is 26.2 Å². The molecule has 6 heteroatoms. The van der Waals surface area contributed by atoms with E-state index in [2.05, 4.69) is 41.2 Å². The van der Waals surface area contributed by atoms with Crippen molar-refractivity contribution in [2.24, 2.45) is 7.05 Å². The van der Waals surface area contributed by atoms with E-state index in [-0.39, 0.29) is 11.3 Å². The maximum absolute atomic E-state index is 12.0. The first-order valence-electron chi connectivity index (χ1n) is 7.79. The highest BCUT2D eigenvalue weighted by Gasteiger charge is 2.18. The molecule has 0 spiro atoms. The number of aromatic amines is 1. The first-order chi connectivity index (χ1) is 11.3. The minimum atomic E-state index is -0.186. The number of nitrogens with one attached hydrogen (secondary N) is 2. The van der Waals surface area contributed by atoms with Crippen molar-refractivity contribution in [3.05, 3.63) is 48.1 Å². The van der Waals surface area contributed by atoms with Gasteiger partial charge in [0.05, 0.1) is 17.2 Å². The van der Waals surface area contributed by atoms with E-state index in [1.54, 1.807) is 17.0 Å². The molecule has 0 aliphatic carbocycles. The number of rotatable bonds is 3. The van der Waals surface area contributed by atoms with Gasteiger partial charge in [-0.05, 0) is 24.3 Å². The number of amides is 1. The van der Waals surface area contributed by atoms with Crippen LogP contribution in [0, 0.1) is 0 Å². The van der Waals surface area contributed by atoms with Crippen LogP contribution in [0.1, 0.15) is 32.2 Å². The van der Waals surface area contributed by atoms with Crippen LogP contribution in [-0.2, 0) is 17.3 Å². The van der Waals surface area contributed by atoms with Crippen molar-refractivity contribution >= 4 is 28.7 Å². The number of nitrogens with zero attached hydrogens (tertiary/aromatic N) is 3. The minimum absolute atomic E-state index is 0.0467. The van der Waals surface area contributed by atoms with E-state index in [0.717, 1.165) is 28.1 Å². The summed E-state index contributed by atoms with van der Waals surface area (Å²) in [6.45, 7) is 6.32. The zero-order valence-corrected chi connectivity index (χ0v) is 14.3. The van der Waals surface area contributed by atoms with Gasteiger partial charge in [-0.15, -0.1) is 0 Å². The van der Waals surface area contributed by atoms with Crippen molar-refractivity contribution in [2.75, 3.05) is 5.32 Å². The zero-order valence-electron chi connectivity index (χ0n) is 14.3. The molecule has 0 atom stereocenters. The summed E-state index contributed by atoms with van der Waals surface area (Å²) in [5, 5.41) is 6.92. The second-order valence-corrected chi connectivity index (χ2v) is 6.84. The maximum Gasteiger partial charge on any atom is 0.248 e. The molecule has 3 aromatic rings. The fourth-order valence-corrected chi connectivity index (χ4v) is 2.32. The minimum Gasteiger partial charge on any atom is -0.341 e. The predicted octanol–water partition coefficient (Wildman–Crippen LogP) is 3.25. The predicted molar refractivity (Wildman–Crippen MR) is 95.7 cm³/mol. The monoisotopic (exact) mass is 323 g/mol. The van der Waals surface area contributed by atoms with Gasteiger partial charge in [-0.25, -0.2) is 4.98 Å². The third kappa shape index (κ3) is 3.53. The highest BCUT2D eigenvalue weighted by atomic mass is 16.1. The number of imidazole rings is 1. The molecule has 24 heavy (non-hydrogen) atoms. The Morgan fingerprint density at radius 3 is 2.79 bits per heavy atom. The Kier molecular flexibility index (Phi) is 3.97. The summed E-state index contributed by atoms with van der Waals surface area (Å²) < 4.78 is 1.69. The van der Waals surface area contributed by atoms with E-state index in [4.69, 9.17) is 0 Å². The van der Waals surface area contributed by atoms with Crippen molar-refractivity contribution in [3.63, 3.8) is 0 Å². The molecule has 2 N–H and O–H groups in total. The second kappa shape index (κ2) is 5.96. The number of aryl methyl sites for hydroxylation is 1. The third-order valence-corrected chi connectivity index (χ3v) is 3.61. The SMILES string of the molecule is Cn1cc(/C=C/C(=O)Nc2ccc3nc(C(C)(C)C)[nH]c3c2)cn1. The molecule has 1 aromatic carbocycles. The molecule has 0 radical (unpaired) electrons. The summed E-state index contributed by atoms with van der Waals surface area (Å²) >= 11 is 0. The van der Waals surface area contributed by atoms with Gasteiger partial charge < -0.3 is 10.3 Å². The van der Waals surface area contributed by atoms with Gasteiger partial charge in [0.1, 0.15) is 5.82 Å². The molecule has 124 valence electrons. The molecular formula is C18H21N5O. The highest BCUT2D eigenvalue weighted by Crippen LogP contribution is 2.24. The van der Waals surface area contributed by atoms with Crippen molar-refractivity contribution < 1.29 is 4.79 Å². The number of H-pyrrole nitrogens is 1. The van der Waals surface area contributed by atoms with Crippen LogP contribution in [0.3, 0.4) is 0 Å². The van der Waals surface area contributed by atoms with Crippen LogP contribution in [-0.4, -0.2) is 25.7 Å². The largest absolute Gasteiger partial charge is 0.341 e. The molecule has 0 fully saturated rings. The van der Waals surface area contributed by atoms with Crippen molar-refractivity contribution in [3.8, 4) is 0 Å². The molecule has 6 nitrogen and oxygen atoms in total. The Morgan fingerprint density at radius 2 is 2.12 bits per heavy atom. The summed E-state index contributed by atoms with van der Waals surface area (Å²) in [6.07, 6.45) is 6.77. The fraction of sp³-hybridized carbons (Fsp3) is 0.278. The van der Waals surface area contributed by atoms with Gasteiger partial charge in [0.15, 0.2) is 0 Å².